The summed E-state index contributed by atoms with van der Waals surface area (Å²) in [6.07, 6.45) is 6.53. The second kappa shape index (κ2) is 6.95. The molecule has 0 radical (unpaired) electrons. The Bertz CT molecular complexity index is 391. The lowest BCUT2D eigenvalue weighted by atomic mass is 9.70. The van der Waals surface area contributed by atoms with Crippen molar-refractivity contribution >= 4 is 0 Å². The molecule has 1 aromatic carbocycles. The van der Waals surface area contributed by atoms with E-state index in [4.69, 9.17) is 10.5 Å². The Morgan fingerprint density at radius 3 is 2.74 bits per heavy atom. The number of para-hydroxylation sites is 1. The number of hydrogen-bond donors (Lipinski definition) is 1. The van der Waals surface area contributed by atoms with Gasteiger partial charge >= 0.3 is 0 Å². The molecule has 0 aliphatic heterocycles. The summed E-state index contributed by atoms with van der Waals surface area (Å²) in [4.78, 5) is 0. The Balaban J connectivity index is 2.22. The van der Waals surface area contributed by atoms with Crippen molar-refractivity contribution in [1.82, 2.24) is 0 Å². The molecule has 0 amide bonds. The fourth-order valence-corrected chi connectivity index (χ4v) is 3.63. The van der Waals surface area contributed by atoms with Crippen molar-refractivity contribution < 1.29 is 4.74 Å². The van der Waals surface area contributed by atoms with Gasteiger partial charge in [0.1, 0.15) is 5.75 Å². The minimum Gasteiger partial charge on any atom is -0.496 e. The minimum absolute atomic E-state index is 0.575. The molecule has 0 spiro atoms. The summed E-state index contributed by atoms with van der Waals surface area (Å²) < 4.78 is 5.55. The van der Waals surface area contributed by atoms with Gasteiger partial charge in [-0.1, -0.05) is 44.4 Å². The summed E-state index contributed by atoms with van der Waals surface area (Å²) in [5, 5.41) is 0. The van der Waals surface area contributed by atoms with Crippen LogP contribution in [0.1, 0.15) is 50.5 Å². The van der Waals surface area contributed by atoms with Crippen LogP contribution in [0.3, 0.4) is 0 Å². The van der Waals surface area contributed by atoms with Crippen LogP contribution in [0.4, 0.5) is 0 Å². The second-order valence-electron chi connectivity index (χ2n) is 5.81. The molecular weight excluding hydrogens is 234 g/mol. The Morgan fingerprint density at radius 1 is 1.26 bits per heavy atom. The van der Waals surface area contributed by atoms with Gasteiger partial charge in [-0.05, 0) is 48.8 Å². The first kappa shape index (κ1) is 14.4. The van der Waals surface area contributed by atoms with E-state index >= 15 is 0 Å². The number of rotatable bonds is 5. The minimum atomic E-state index is 0.575. The molecule has 1 saturated carbocycles. The Kier molecular flexibility index (Phi) is 5.26. The largest absolute Gasteiger partial charge is 0.496 e. The van der Waals surface area contributed by atoms with Gasteiger partial charge in [-0.3, -0.25) is 0 Å². The molecule has 2 rings (SSSR count). The van der Waals surface area contributed by atoms with Crippen LogP contribution in [0.25, 0.3) is 0 Å². The third-order valence-corrected chi connectivity index (χ3v) is 4.64. The van der Waals surface area contributed by atoms with Crippen molar-refractivity contribution in [3.05, 3.63) is 29.8 Å². The third-order valence-electron chi connectivity index (χ3n) is 4.64. The maximum absolute atomic E-state index is 6.00. The van der Waals surface area contributed by atoms with E-state index in [0.29, 0.717) is 11.8 Å². The lowest BCUT2D eigenvalue weighted by Gasteiger charge is -2.36. The standard InChI is InChI=1S/C17H27NO/c1-3-6-13-9-10-14(12-18)16(11-13)15-7-4-5-8-17(15)19-2/h4-5,7-8,13-14,16H,3,6,9-12,18H2,1-2H3. The van der Waals surface area contributed by atoms with Crippen LogP contribution in [-0.4, -0.2) is 13.7 Å². The lowest BCUT2D eigenvalue weighted by Crippen LogP contribution is -2.29. The van der Waals surface area contributed by atoms with Crippen LogP contribution in [0.5, 0.6) is 5.75 Å². The highest BCUT2D eigenvalue weighted by molar-refractivity contribution is 5.37. The first-order valence-electron chi connectivity index (χ1n) is 7.63. The smallest absolute Gasteiger partial charge is 0.122 e. The van der Waals surface area contributed by atoms with E-state index < -0.39 is 0 Å². The van der Waals surface area contributed by atoms with Gasteiger partial charge in [-0.2, -0.15) is 0 Å². The SMILES string of the molecule is CCCC1CCC(CN)C(c2ccccc2OC)C1. The highest BCUT2D eigenvalue weighted by atomic mass is 16.5. The van der Waals surface area contributed by atoms with E-state index in [1.165, 1.54) is 37.7 Å². The van der Waals surface area contributed by atoms with Crippen molar-refractivity contribution in [2.24, 2.45) is 17.6 Å². The van der Waals surface area contributed by atoms with Gasteiger partial charge in [0.05, 0.1) is 7.11 Å². The van der Waals surface area contributed by atoms with Crippen LogP contribution in [0, 0.1) is 11.8 Å². The molecule has 1 aromatic rings. The molecule has 19 heavy (non-hydrogen) atoms. The van der Waals surface area contributed by atoms with Crippen molar-refractivity contribution in [2.75, 3.05) is 13.7 Å². The average Bonchev–Trinajstić information content (AvgIpc) is 2.47. The zero-order chi connectivity index (χ0) is 13.7. The highest BCUT2D eigenvalue weighted by Gasteiger charge is 2.31. The van der Waals surface area contributed by atoms with Crippen molar-refractivity contribution in [3.63, 3.8) is 0 Å². The van der Waals surface area contributed by atoms with Crippen LogP contribution in [-0.2, 0) is 0 Å². The number of benzene rings is 1. The molecule has 2 heteroatoms. The molecule has 106 valence electrons. The predicted molar refractivity (Wildman–Crippen MR) is 80.5 cm³/mol. The second-order valence-corrected chi connectivity index (χ2v) is 5.81. The zero-order valence-electron chi connectivity index (χ0n) is 12.3. The quantitative estimate of drug-likeness (QED) is 0.871. The highest BCUT2D eigenvalue weighted by Crippen LogP contribution is 2.44. The summed E-state index contributed by atoms with van der Waals surface area (Å²) >= 11 is 0. The van der Waals surface area contributed by atoms with E-state index in [2.05, 4.69) is 25.1 Å². The third kappa shape index (κ3) is 3.30. The molecule has 2 nitrogen and oxygen atoms in total. The van der Waals surface area contributed by atoms with Gasteiger partial charge in [-0.15, -0.1) is 0 Å². The van der Waals surface area contributed by atoms with Crippen LogP contribution >= 0.6 is 0 Å². The first-order valence-corrected chi connectivity index (χ1v) is 7.63. The van der Waals surface area contributed by atoms with Crippen LogP contribution < -0.4 is 10.5 Å². The molecule has 0 aromatic heterocycles. The van der Waals surface area contributed by atoms with Crippen LogP contribution in [0.2, 0.25) is 0 Å². The first-order chi connectivity index (χ1) is 9.30. The maximum Gasteiger partial charge on any atom is 0.122 e. The molecule has 0 heterocycles. The van der Waals surface area contributed by atoms with E-state index in [0.717, 1.165) is 18.2 Å². The lowest BCUT2D eigenvalue weighted by molar-refractivity contribution is 0.226. The predicted octanol–water partition coefficient (Wildman–Crippen LogP) is 3.95. The maximum atomic E-state index is 6.00. The van der Waals surface area contributed by atoms with Gasteiger partial charge in [-0.25, -0.2) is 0 Å². The van der Waals surface area contributed by atoms with Gasteiger partial charge in [0.15, 0.2) is 0 Å². The molecule has 1 aliphatic carbocycles. The molecule has 2 N–H and O–H groups in total. The molecule has 3 atom stereocenters. The summed E-state index contributed by atoms with van der Waals surface area (Å²) in [6.45, 7) is 3.08. The number of nitrogens with two attached hydrogens (primary N) is 1. The molecule has 1 fully saturated rings. The summed E-state index contributed by atoms with van der Waals surface area (Å²) in [5.41, 5.74) is 7.36. The fourth-order valence-electron chi connectivity index (χ4n) is 3.63. The van der Waals surface area contributed by atoms with E-state index in [-0.39, 0.29) is 0 Å². The molecular formula is C17H27NO. The topological polar surface area (TPSA) is 35.2 Å². The monoisotopic (exact) mass is 261 g/mol. The Labute approximate surface area is 117 Å². The Morgan fingerprint density at radius 2 is 2.05 bits per heavy atom. The summed E-state index contributed by atoms with van der Waals surface area (Å²) in [6, 6.07) is 8.47. The zero-order valence-corrected chi connectivity index (χ0v) is 12.3. The number of hydrogen-bond acceptors (Lipinski definition) is 2. The summed E-state index contributed by atoms with van der Waals surface area (Å²) in [7, 11) is 1.77. The van der Waals surface area contributed by atoms with Crippen molar-refractivity contribution in [3.8, 4) is 5.75 Å². The van der Waals surface area contributed by atoms with Gasteiger partial charge < -0.3 is 10.5 Å². The van der Waals surface area contributed by atoms with Gasteiger partial charge in [0.25, 0.3) is 0 Å². The van der Waals surface area contributed by atoms with Crippen LogP contribution in [0.15, 0.2) is 24.3 Å². The van der Waals surface area contributed by atoms with Crippen molar-refractivity contribution in [1.29, 1.82) is 0 Å². The molecule has 1 aliphatic rings. The fraction of sp³-hybridized carbons (Fsp3) is 0.647. The number of ether oxygens (including phenoxy) is 1. The van der Waals surface area contributed by atoms with Gasteiger partial charge in [0.2, 0.25) is 0 Å². The molecule has 0 bridgehead atoms. The molecule has 3 unspecified atom stereocenters. The van der Waals surface area contributed by atoms with E-state index in [1.807, 2.05) is 6.07 Å². The molecule has 0 saturated heterocycles. The number of methoxy groups -OCH3 is 1. The van der Waals surface area contributed by atoms with E-state index in [9.17, 15) is 0 Å². The Hall–Kier alpha value is -1.02. The average molecular weight is 261 g/mol. The van der Waals surface area contributed by atoms with Gasteiger partial charge in [0, 0.05) is 0 Å². The normalized spacial score (nSPS) is 27.2. The van der Waals surface area contributed by atoms with Crippen molar-refractivity contribution in [2.45, 2.75) is 44.9 Å². The van der Waals surface area contributed by atoms with E-state index in [1.54, 1.807) is 7.11 Å². The summed E-state index contributed by atoms with van der Waals surface area (Å²) in [5.74, 6) is 3.08.